The quantitative estimate of drug-likeness (QED) is 0.589. The van der Waals surface area contributed by atoms with Crippen molar-refractivity contribution in [1.82, 2.24) is 4.98 Å². The predicted octanol–water partition coefficient (Wildman–Crippen LogP) is 1.75. The smallest absolute Gasteiger partial charge is 0.186 e. The number of rotatable bonds is 4. The van der Waals surface area contributed by atoms with Gasteiger partial charge in [0.05, 0.1) is 0 Å². The zero-order valence-corrected chi connectivity index (χ0v) is 8.36. The summed E-state index contributed by atoms with van der Waals surface area (Å²) in [6.45, 7) is 5.90. The summed E-state index contributed by atoms with van der Waals surface area (Å²) in [7, 11) is 0. The van der Waals surface area contributed by atoms with Crippen molar-refractivity contribution in [3.05, 3.63) is 28.2 Å². The van der Waals surface area contributed by atoms with E-state index >= 15 is 0 Å². The minimum Gasteiger partial charge on any atom is -0.325 e. The number of nitrogens with two attached hydrogens (primary N) is 1. The van der Waals surface area contributed by atoms with E-state index < -0.39 is 0 Å². The number of hydrogen-bond acceptors (Lipinski definition) is 4. The van der Waals surface area contributed by atoms with Crippen molar-refractivity contribution in [3.8, 4) is 0 Å². The first kappa shape index (κ1) is 10.1. The van der Waals surface area contributed by atoms with Gasteiger partial charge in [-0.15, -0.1) is 11.3 Å². The molecule has 0 aliphatic carbocycles. The Morgan fingerprint density at radius 3 is 2.92 bits per heavy atom. The lowest BCUT2D eigenvalue weighted by Gasteiger charge is -1.94. The predicted molar refractivity (Wildman–Crippen MR) is 53.8 cm³/mol. The Kier molecular flexibility index (Phi) is 3.33. The van der Waals surface area contributed by atoms with Gasteiger partial charge in [0.25, 0.3) is 0 Å². The second-order valence-corrected chi connectivity index (χ2v) is 3.83. The van der Waals surface area contributed by atoms with Crippen molar-refractivity contribution in [2.45, 2.75) is 19.9 Å². The van der Waals surface area contributed by atoms with Crippen molar-refractivity contribution in [1.29, 1.82) is 0 Å². The average Bonchev–Trinajstić information content (AvgIpc) is 2.50. The minimum atomic E-state index is 0.0171. The summed E-state index contributed by atoms with van der Waals surface area (Å²) >= 11 is 1.42. The highest BCUT2D eigenvalue weighted by molar-refractivity contribution is 7.09. The third-order valence-electron chi connectivity index (χ3n) is 1.47. The maximum absolute atomic E-state index is 11.4. The number of Topliss-reactive ketones (excluding diaryl/α,β-unsaturated/α-hetero) is 1. The molecule has 13 heavy (non-hydrogen) atoms. The van der Waals surface area contributed by atoms with Crippen LogP contribution in [0.4, 0.5) is 0 Å². The molecule has 1 rings (SSSR count). The summed E-state index contributed by atoms with van der Waals surface area (Å²) in [6, 6.07) is 0. The van der Waals surface area contributed by atoms with E-state index in [0.717, 1.165) is 10.6 Å². The number of thiazole rings is 1. The Bertz CT molecular complexity index is 330. The van der Waals surface area contributed by atoms with Crippen LogP contribution in [0.25, 0.3) is 0 Å². The molecule has 0 aromatic carbocycles. The molecule has 0 saturated carbocycles. The zero-order valence-electron chi connectivity index (χ0n) is 7.54. The summed E-state index contributed by atoms with van der Waals surface area (Å²) < 4.78 is 0. The van der Waals surface area contributed by atoms with Crippen LogP contribution >= 0.6 is 11.3 Å². The van der Waals surface area contributed by atoms with Gasteiger partial charge in [0.15, 0.2) is 5.78 Å². The van der Waals surface area contributed by atoms with Crippen LogP contribution < -0.4 is 5.73 Å². The fraction of sp³-hybridized carbons (Fsp3) is 0.333. The molecule has 3 nitrogen and oxygen atoms in total. The molecule has 0 atom stereocenters. The highest BCUT2D eigenvalue weighted by atomic mass is 32.1. The molecule has 0 bridgehead atoms. The first-order chi connectivity index (χ1) is 6.13. The van der Waals surface area contributed by atoms with Gasteiger partial charge in [0.2, 0.25) is 0 Å². The summed E-state index contributed by atoms with van der Waals surface area (Å²) in [5, 5.41) is 2.54. The van der Waals surface area contributed by atoms with E-state index in [1.54, 1.807) is 5.38 Å². The Morgan fingerprint density at radius 1 is 1.77 bits per heavy atom. The molecule has 0 aliphatic heterocycles. The van der Waals surface area contributed by atoms with E-state index in [0.29, 0.717) is 18.7 Å². The van der Waals surface area contributed by atoms with E-state index in [1.165, 1.54) is 11.3 Å². The normalized spacial score (nSPS) is 10.0. The summed E-state index contributed by atoms with van der Waals surface area (Å²) in [5.41, 5.74) is 6.75. The van der Waals surface area contributed by atoms with Crippen LogP contribution in [-0.2, 0) is 6.54 Å². The number of carbonyl (C=O) groups is 1. The van der Waals surface area contributed by atoms with E-state index in [4.69, 9.17) is 5.73 Å². The molecule has 1 heterocycles. The molecule has 70 valence electrons. The van der Waals surface area contributed by atoms with Crippen molar-refractivity contribution in [2.75, 3.05) is 0 Å². The third-order valence-corrected chi connectivity index (χ3v) is 2.35. The first-order valence-electron chi connectivity index (χ1n) is 3.95. The topological polar surface area (TPSA) is 56.0 Å². The molecule has 0 saturated heterocycles. The molecule has 0 amide bonds. The standard InChI is InChI=1S/C9H12N2OS/c1-6(2)3-8(12)7-5-13-9(4-10)11-7/h5H,1,3-4,10H2,2H3. The van der Waals surface area contributed by atoms with Gasteiger partial charge in [0.1, 0.15) is 10.7 Å². The second kappa shape index (κ2) is 4.30. The van der Waals surface area contributed by atoms with Crippen LogP contribution in [-0.4, -0.2) is 10.8 Å². The minimum absolute atomic E-state index is 0.0171. The van der Waals surface area contributed by atoms with Gasteiger partial charge in [-0.1, -0.05) is 12.2 Å². The van der Waals surface area contributed by atoms with Gasteiger partial charge in [-0.2, -0.15) is 0 Å². The molecule has 0 radical (unpaired) electrons. The van der Waals surface area contributed by atoms with Gasteiger partial charge in [-0.25, -0.2) is 4.98 Å². The lowest BCUT2D eigenvalue weighted by atomic mass is 10.1. The van der Waals surface area contributed by atoms with Crippen LogP contribution in [0.15, 0.2) is 17.5 Å². The molecule has 2 N–H and O–H groups in total. The summed E-state index contributed by atoms with van der Waals surface area (Å²) in [4.78, 5) is 15.5. The monoisotopic (exact) mass is 196 g/mol. The number of carbonyl (C=O) groups excluding carboxylic acids is 1. The fourth-order valence-electron chi connectivity index (χ4n) is 0.897. The lowest BCUT2D eigenvalue weighted by Crippen LogP contribution is -2.01. The van der Waals surface area contributed by atoms with E-state index in [-0.39, 0.29) is 5.78 Å². The molecule has 0 spiro atoms. The summed E-state index contributed by atoms with van der Waals surface area (Å²) in [6.07, 6.45) is 0.369. The fourth-order valence-corrected chi connectivity index (χ4v) is 1.58. The largest absolute Gasteiger partial charge is 0.325 e. The van der Waals surface area contributed by atoms with Gasteiger partial charge in [0, 0.05) is 18.3 Å². The Morgan fingerprint density at radius 2 is 2.46 bits per heavy atom. The number of ketones is 1. The van der Waals surface area contributed by atoms with Gasteiger partial charge in [-0.3, -0.25) is 4.79 Å². The van der Waals surface area contributed by atoms with Crippen LogP contribution in [0.1, 0.15) is 28.8 Å². The number of allylic oxidation sites excluding steroid dienone is 1. The third kappa shape index (κ3) is 2.75. The number of aromatic nitrogens is 1. The Balaban J connectivity index is 2.71. The average molecular weight is 196 g/mol. The van der Waals surface area contributed by atoms with E-state index in [2.05, 4.69) is 11.6 Å². The molecule has 0 unspecified atom stereocenters. The number of nitrogens with zero attached hydrogens (tertiary/aromatic N) is 1. The maximum atomic E-state index is 11.4. The maximum Gasteiger partial charge on any atom is 0.186 e. The molecule has 1 aromatic rings. The van der Waals surface area contributed by atoms with E-state index in [1.807, 2.05) is 6.92 Å². The molecule has 0 aliphatic rings. The SMILES string of the molecule is C=C(C)CC(=O)c1csc(CN)n1. The highest BCUT2D eigenvalue weighted by Crippen LogP contribution is 2.12. The van der Waals surface area contributed by atoms with Crippen molar-refractivity contribution < 1.29 is 4.79 Å². The summed E-state index contributed by atoms with van der Waals surface area (Å²) in [5.74, 6) is 0.0171. The van der Waals surface area contributed by atoms with Crippen molar-refractivity contribution in [3.63, 3.8) is 0 Å². The van der Waals surface area contributed by atoms with Gasteiger partial charge < -0.3 is 5.73 Å². The number of hydrogen-bond donors (Lipinski definition) is 1. The van der Waals surface area contributed by atoms with Crippen LogP contribution in [0, 0.1) is 0 Å². The zero-order chi connectivity index (χ0) is 9.84. The van der Waals surface area contributed by atoms with E-state index in [9.17, 15) is 4.79 Å². The Hall–Kier alpha value is -1.00. The van der Waals surface area contributed by atoms with Gasteiger partial charge >= 0.3 is 0 Å². The Labute approximate surface area is 81.3 Å². The molecular formula is C9H12N2OS. The van der Waals surface area contributed by atoms with Crippen molar-refractivity contribution in [2.24, 2.45) is 5.73 Å². The first-order valence-corrected chi connectivity index (χ1v) is 4.83. The van der Waals surface area contributed by atoms with Crippen LogP contribution in [0.2, 0.25) is 0 Å². The second-order valence-electron chi connectivity index (χ2n) is 2.89. The lowest BCUT2D eigenvalue weighted by molar-refractivity contribution is 0.0989. The molecule has 4 heteroatoms. The van der Waals surface area contributed by atoms with Crippen LogP contribution in [0.5, 0.6) is 0 Å². The molecule has 1 aromatic heterocycles. The molecular weight excluding hydrogens is 184 g/mol. The van der Waals surface area contributed by atoms with Crippen LogP contribution in [0.3, 0.4) is 0 Å². The molecule has 0 fully saturated rings. The van der Waals surface area contributed by atoms with Crippen molar-refractivity contribution >= 4 is 17.1 Å². The highest BCUT2D eigenvalue weighted by Gasteiger charge is 2.09. The van der Waals surface area contributed by atoms with Gasteiger partial charge in [-0.05, 0) is 6.92 Å².